The molecule has 0 saturated carbocycles. The maximum Gasteiger partial charge on any atom is 0.343 e. The van der Waals surface area contributed by atoms with Crippen molar-refractivity contribution in [3.63, 3.8) is 0 Å². The summed E-state index contributed by atoms with van der Waals surface area (Å²) in [7, 11) is 0. The number of carbonyl (C=O) groups is 2. The Morgan fingerprint density at radius 3 is 2.78 bits per heavy atom. The number of amides is 1. The molecule has 3 N–H and O–H groups in total. The number of esters is 1. The molecule has 0 radical (unpaired) electrons. The molecule has 2 aliphatic rings. The van der Waals surface area contributed by atoms with Crippen LogP contribution < -0.4 is 16.0 Å². The summed E-state index contributed by atoms with van der Waals surface area (Å²) in [6.07, 6.45) is 0.670. The van der Waals surface area contributed by atoms with Crippen LogP contribution in [0.1, 0.15) is 24.2 Å². The van der Waals surface area contributed by atoms with Gasteiger partial charge < -0.3 is 15.8 Å². The maximum absolute atomic E-state index is 13.2. The van der Waals surface area contributed by atoms with E-state index in [1.165, 1.54) is 11.8 Å². The fourth-order valence-electron chi connectivity index (χ4n) is 3.84. The zero-order valence-electron chi connectivity index (χ0n) is 17.2. The van der Waals surface area contributed by atoms with Crippen molar-refractivity contribution in [3.05, 3.63) is 59.9 Å². The molecule has 162 valence electrons. The molecular formula is C22H20N6O3S. The third-order valence-electron chi connectivity index (χ3n) is 5.33. The van der Waals surface area contributed by atoms with E-state index in [1.54, 1.807) is 4.90 Å². The molecule has 0 unspecified atom stereocenters. The van der Waals surface area contributed by atoms with Gasteiger partial charge in [0.15, 0.2) is 17.3 Å². The standard InChI is InChI=1S/C22H20N6O3S/c1-13-6-8-14(9-7-13)24-21-26-17(25-20(23)27-21)12-31-19(30)22-11-10-18(29)28(22)15-4-2-3-5-16(15)32-22/h2-9H,10-12H2,1H3,(H3,23,24,25,26,27)/t22-/m1/s1. The lowest BCUT2D eigenvalue weighted by atomic mass is 10.2. The third-order valence-corrected chi connectivity index (χ3v) is 6.79. The molecule has 0 aliphatic carbocycles. The van der Waals surface area contributed by atoms with E-state index in [1.807, 2.05) is 55.5 Å². The number of fused-ring (bicyclic) bond motifs is 3. The Morgan fingerprint density at radius 1 is 1.19 bits per heavy atom. The number of hydrogen-bond donors (Lipinski definition) is 2. The van der Waals surface area contributed by atoms with Crippen LogP contribution in [0.15, 0.2) is 53.4 Å². The molecule has 2 aliphatic heterocycles. The second-order valence-corrected chi connectivity index (χ2v) is 8.90. The summed E-state index contributed by atoms with van der Waals surface area (Å²) in [5.41, 5.74) is 8.49. The van der Waals surface area contributed by atoms with E-state index in [2.05, 4.69) is 20.3 Å². The molecule has 3 aromatic rings. The Hall–Kier alpha value is -3.66. The smallest absolute Gasteiger partial charge is 0.343 e. The van der Waals surface area contributed by atoms with Gasteiger partial charge in [0.25, 0.3) is 0 Å². The van der Waals surface area contributed by atoms with Crippen LogP contribution in [0.25, 0.3) is 0 Å². The second kappa shape index (κ2) is 7.79. The lowest BCUT2D eigenvalue weighted by Gasteiger charge is -2.28. The van der Waals surface area contributed by atoms with Crippen LogP contribution >= 0.6 is 11.8 Å². The van der Waals surface area contributed by atoms with Crippen LogP contribution in [0, 0.1) is 6.92 Å². The molecule has 10 heteroatoms. The Bertz CT molecular complexity index is 1220. The predicted molar refractivity (Wildman–Crippen MR) is 120 cm³/mol. The van der Waals surface area contributed by atoms with Crippen molar-refractivity contribution in [2.45, 2.75) is 36.1 Å². The molecule has 1 fully saturated rings. The topological polar surface area (TPSA) is 123 Å². The van der Waals surface area contributed by atoms with Crippen LogP contribution in [0.2, 0.25) is 0 Å². The molecule has 1 saturated heterocycles. The van der Waals surface area contributed by atoms with Crippen LogP contribution in [0.3, 0.4) is 0 Å². The summed E-state index contributed by atoms with van der Waals surface area (Å²) >= 11 is 1.35. The highest BCUT2D eigenvalue weighted by molar-refractivity contribution is 8.02. The highest BCUT2D eigenvalue weighted by Crippen LogP contribution is 2.56. The first-order valence-corrected chi connectivity index (χ1v) is 10.9. The zero-order chi connectivity index (χ0) is 22.3. The van der Waals surface area contributed by atoms with Gasteiger partial charge in [-0.15, -0.1) is 0 Å². The average molecular weight is 449 g/mol. The van der Waals surface area contributed by atoms with Crippen molar-refractivity contribution in [2.75, 3.05) is 16.0 Å². The van der Waals surface area contributed by atoms with E-state index in [-0.39, 0.29) is 30.2 Å². The van der Waals surface area contributed by atoms with Gasteiger partial charge in [-0.2, -0.15) is 15.0 Å². The number of rotatable bonds is 5. The number of nitrogens with two attached hydrogens (primary N) is 1. The van der Waals surface area contributed by atoms with Crippen molar-refractivity contribution in [2.24, 2.45) is 0 Å². The highest BCUT2D eigenvalue weighted by Gasteiger charge is 2.58. The van der Waals surface area contributed by atoms with Crippen molar-refractivity contribution < 1.29 is 14.3 Å². The first-order chi connectivity index (χ1) is 15.4. The summed E-state index contributed by atoms with van der Waals surface area (Å²) in [5.74, 6) is -0.108. The van der Waals surface area contributed by atoms with E-state index in [0.29, 0.717) is 12.8 Å². The lowest BCUT2D eigenvalue weighted by Crippen LogP contribution is -2.47. The summed E-state index contributed by atoms with van der Waals surface area (Å²) in [6, 6.07) is 15.2. The van der Waals surface area contributed by atoms with Gasteiger partial charge in [0.1, 0.15) is 0 Å². The number of hydrogen-bond acceptors (Lipinski definition) is 9. The number of anilines is 4. The second-order valence-electron chi connectivity index (χ2n) is 7.58. The van der Waals surface area contributed by atoms with Gasteiger partial charge >= 0.3 is 5.97 Å². The molecule has 3 heterocycles. The molecule has 32 heavy (non-hydrogen) atoms. The number of carbonyl (C=O) groups excluding carboxylic acids is 2. The summed E-state index contributed by atoms with van der Waals surface area (Å²) < 4.78 is 5.58. The van der Waals surface area contributed by atoms with Gasteiger partial charge in [0.2, 0.25) is 17.8 Å². The number of thioether (sulfide) groups is 1. The number of benzene rings is 2. The third kappa shape index (κ3) is 3.52. The summed E-state index contributed by atoms with van der Waals surface area (Å²) in [5, 5.41) is 3.07. The molecule has 5 rings (SSSR count). The largest absolute Gasteiger partial charge is 0.455 e. The van der Waals surface area contributed by atoms with Crippen molar-refractivity contribution in [3.8, 4) is 0 Å². The Labute approximate surface area is 188 Å². The number of nitrogen functional groups attached to an aromatic ring is 1. The first-order valence-electron chi connectivity index (χ1n) is 10.1. The van der Waals surface area contributed by atoms with Gasteiger partial charge in [-0.05, 0) is 31.2 Å². The number of nitrogens with one attached hydrogen (secondary N) is 1. The lowest BCUT2D eigenvalue weighted by molar-refractivity contribution is -0.148. The monoisotopic (exact) mass is 448 g/mol. The predicted octanol–water partition coefficient (Wildman–Crippen LogP) is 3.18. The van der Waals surface area contributed by atoms with E-state index >= 15 is 0 Å². The SMILES string of the molecule is Cc1ccc(Nc2nc(N)nc(COC(=O)[C@]34CCC(=O)N3c3ccccc3S4)n2)cc1. The minimum absolute atomic E-state index is 0.0131. The molecule has 9 nitrogen and oxygen atoms in total. The number of ether oxygens (including phenoxy) is 1. The molecule has 0 spiro atoms. The quantitative estimate of drug-likeness (QED) is 0.566. The normalized spacial score (nSPS) is 18.9. The number of para-hydroxylation sites is 1. The summed E-state index contributed by atoms with van der Waals surface area (Å²) in [6.45, 7) is 1.81. The molecular weight excluding hydrogens is 428 g/mol. The van der Waals surface area contributed by atoms with Gasteiger partial charge in [-0.3, -0.25) is 9.69 Å². The molecule has 0 bridgehead atoms. The van der Waals surface area contributed by atoms with Gasteiger partial charge in [0.05, 0.1) is 5.69 Å². The molecule has 1 atom stereocenters. The fraction of sp³-hybridized carbons (Fsp3) is 0.227. The van der Waals surface area contributed by atoms with Crippen LogP contribution in [-0.2, 0) is 20.9 Å². The van der Waals surface area contributed by atoms with Crippen molar-refractivity contribution in [1.29, 1.82) is 0 Å². The first kappa shape index (κ1) is 20.3. The highest BCUT2D eigenvalue weighted by atomic mass is 32.2. The Balaban J connectivity index is 1.33. The van der Waals surface area contributed by atoms with Crippen LogP contribution in [0.4, 0.5) is 23.3 Å². The molecule has 1 aromatic heterocycles. The van der Waals surface area contributed by atoms with E-state index < -0.39 is 10.8 Å². The summed E-state index contributed by atoms with van der Waals surface area (Å²) in [4.78, 5) is 39.5. The van der Waals surface area contributed by atoms with E-state index in [9.17, 15) is 9.59 Å². The van der Waals surface area contributed by atoms with Gasteiger partial charge in [0, 0.05) is 23.4 Å². The minimum Gasteiger partial charge on any atom is -0.455 e. The zero-order valence-corrected chi connectivity index (χ0v) is 18.1. The van der Waals surface area contributed by atoms with Crippen LogP contribution in [0.5, 0.6) is 0 Å². The molecule has 1 amide bonds. The van der Waals surface area contributed by atoms with E-state index in [4.69, 9.17) is 10.5 Å². The fourth-order valence-corrected chi connectivity index (χ4v) is 5.25. The molecule has 2 aromatic carbocycles. The van der Waals surface area contributed by atoms with E-state index in [0.717, 1.165) is 21.8 Å². The van der Waals surface area contributed by atoms with Gasteiger partial charge in [-0.1, -0.05) is 41.6 Å². The van der Waals surface area contributed by atoms with Gasteiger partial charge in [-0.25, -0.2) is 4.79 Å². The Kier molecular flexibility index (Phi) is 4.93. The number of aromatic nitrogens is 3. The van der Waals surface area contributed by atoms with Crippen molar-refractivity contribution in [1.82, 2.24) is 15.0 Å². The number of aryl methyl sites for hydroxylation is 1. The Morgan fingerprint density at radius 2 is 1.97 bits per heavy atom. The maximum atomic E-state index is 13.2. The number of nitrogens with zero attached hydrogens (tertiary/aromatic N) is 4. The van der Waals surface area contributed by atoms with Crippen molar-refractivity contribution >= 4 is 46.9 Å². The van der Waals surface area contributed by atoms with Crippen LogP contribution in [-0.4, -0.2) is 31.7 Å². The average Bonchev–Trinajstić information content (AvgIpc) is 3.29. The minimum atomic E-state index is -1.09.